The second-order valence-corrected chi connectivity index (χ2v) is 4.25. The summed E-state index contributed by atoms with van der Waals surface area (Å²) >= 11 is 5.87. The second kappa shape index (κ2) is 6.14. The Balaban J connectivity index is 3.12. The van der Waals surface area contributed by atoms with Gasteiger partial charge >= 0.3 is 0 Å². The van der Waals surface area contributed by atoms with Crippen molar-refractivity contribution in [2.24, 2.45) is 0 Å². The van der Waals surface area contributed by atoms with Crippen LogP contribution in [0.3, 0.4) is 0 Å². The van der Waals surface area contributed by atoms with E-state index >= 15 is 0 Å². The summed E-state index contributed by atoms with van der Waals surface area (Å²) in [4.78, 5) is 11.7. The van der Waals surface area contributed by atoms with Gasteiger partial charge in [-0.2, -0.15) is 5.10 Å². The van der Waals surface area contributed by atoms with E-state index in [1.807, 2.05) is 0 Å². The van der Waals surface area contributed by atoms with Crippen LogP contribution in [0.2, 0.25) is 5.02 Å². The van der Waals surface area contributed by atoms with Crippen molar-refractivity contribution in [2.75, 3.05) is 25.1 Å². The number of aliphatic hydroxyl groups excluding tert-OH is 3. The SMILES string of the molecule is CCn1ncc(NC(CO)(CO)CO)c(Cl)c1=O. The Hall–Kier alpha value is -1.15. The van der Waals surface area contributed by atoms with Crippen LogP contribution < -0.4 is 10.9 Å². The molecule has 0 aliphatic rings. The molecule has 0 fully saturated rings. The zero-order valence-electron chi connectivity index (χ0n) is 9.93. The number of aromatic nitrogens is 2. The molecule has 0 aromatic carbocycles. The molecule has 1 aromatic heterocycles. The van der Waals surface area contributed by atoms with E-state index in [4.69, 9.17) is 26.9 Å². The maximum absolute atomic E-state index is 11.7. The molecule has 102 valence electrons. The highest BCUT2D eigenvalue weighted by Crippen LogP contribution is 2.20. The zero-order chi connectivity index (χ0) is 13.8. The Kier molecular flexibility index (Phi) is 5.09. The lowest BCUT2D eigenvalue weighted by molar-refractivity contribution is 0.0833. The van der Waals surface area contributed by atoms with Crippen molar-refractivity contribution in [1.82, 2.24) is 9.78 Å². The van der Waals surface area contributed by atoms with Crippen molar-refractivity contribution in [3.05, 3.63) is 21.6 Å². The van der Waals surface area contributed by atoms with Crippen molar-refractivity contribution in [1.29, 1.82) is 0 Å². The summed E-state index contributed by atoms with van der Waals surface area (Å²) in [6.45, 7) is 0.564. The normalized spacial score (nSPS) is 11.6. The molecule has 0 aliphatic heterocycles. The van der Waals surface area contributed by atoms with E-state index < -0.39 is 30.9 Å². The van der Waals surface area contributed by atoms with E-state index in [9.17, 15) is 4.79 Å². The van der Waals surface area contributed by atoms with E-state index in [0.717, 1.165) is 0 Å². The number of aryl methyl sites for hydroxylation is 1. The van der Waals surface area contributed by atoms with Crippen molar-refractivity contribution in [2.45, 2.75) is 19.0 Å². The van der Waals surface area contributed by atoms with Gasteiger partial charge in [0.2, 0.25) is 0 Å². The number of anilines is 1. The van der Waals surface area contributed by atoms with Crippen LogP contribution in [-0.2, 0) is 6.54 Å². The third-order valence-corrected chi connectivity index (χ3v) is 2.96. The molecule has 8 heteroatoms. The van der Waals surface area contributed by atoms with Gasteiger partial charge in [-0.25, -0.2) is 4.68 Å². The van der Waals surface area contributed by atoms with E-state index in [1.165, 1.54) is 10.9 Å². The van der Waals surface area contributed by atoms with Crippen LogP contribution in [0.4, 0.5) is 5.69 Å². The average Bonchev–Trinajstić information content (AvgIpc) is 2.41. The molecule has 1 aromatic rings. The minimum Gasteiger partial charge on any atom is -0.394 e. The third-order valence-electron chi connectivity index (χ3n) is 2.59. The third kappa shape index (κ3) is 2.81. The molecular weight excluding hydrogens is 262 g/mol. The molecule has 0 bridgehead atoms. The van der Waals surface area contributed by atoms with Crippen molar-refractivity contribution < 1.29 is 15.3 Å². The highest BCUT2D eigenvalue weighted by molar-refractivity contribution is 6.32. The van der Waals surface area contributed by atoms with Gasteiger partial charge in [-0.1, -0.05) is 11.6 Å². The predicted octanol–water partition coefficient (Wildman–Crippen LogP) is -0.956. The number of rotatable bonds is 6. The van der Waals surface area contributed by atoms with Crippen LogP contribution in [0.25, 0.3) is 0 Å². The summed E-state index contributed by atoms with van der Waals surface area (Å²) in [6.07, 6.45) is 1.31. The molecular formula is C10H16ClN3O4. The van der Waals surface area contributed by atoms with Gasteiger partial charge in [0.25, 0.3) is 5.56 Å². The molecule has 0 amide bonds. The molecule has 0 saturated carbocycles. The van der Waals surface area contributed by atoms with Crippen LogP contribution in [0.15, 0.2) is 11.0 Å². The van der Waals surface area contributed by atoms with E-state index in [2.05, 4.69) is 10.4 Å². The highest BCUT2D eigenvalue weighted by Gasteiger charge is 2.29. The standard InChI is InChI=1S/C10H16ClN3O4/c1-2-14-9(18)8(11)7(3-12-14)13-10(4-15,5-16)6-17/h3,13,15-17H,2,4-6H2,1H3. The van der Waals surface area contributed by atoms with E-state index in [1.54, 1.807) is 6.92 Å². The Bertz CT molecular complexity index is 451. The fourth-order valence-corrected chi connectivity index (χ4v) is 1.53. The van der Waals surface area contributed by atoms with Gasteiger partial charge in [-0.05, 0) is 6.92 Å². The monoisotopic (exact) mass is 277 g/mol. The molecule has 0 unspecified atom stereocenters. The van der Waals surface area contributed by atoms with Gasteiger partial charge in [0.05, 0.1) is 31.7 Å². The first kappa shape index (κ1) is 14.9. The quantitative estimate of drug-likeness (QED) is 0.534. The van der Waals surface area contributed by atoms with Crippen LogP contribution in [0, 0.1) is 0 Å². The molecule has 1 rings (SSSR count). The topological polar surface area (TPSA) is 108 Å². The van der Waals surface area contributed by atoms with Crippen molar-refractivity contribution >= 4 is 17.3 Å². The smallest absolute Gasteiger partial charge is 0.287 e. The summed E-state index contributed by atoms with van der Waals surface area (Å²) < 4.78 is 1.17. The van der Waals surface area contributed by atoms with Gasteiger partial charge in [0.1, 0.15) is 10.6 Å². The predicted molar refractivity (Wildman–Crippen MR) is 66.8 cm³/mol. The summed E-state index contributed by atoms with van der Waals surface area (Å²) in [7, 11) is 0. The molecule has 0 aliphatic carbocycles. The number of aliphatic hydroxyl groups is 3. The molecule has 7 nitrogen and oxygen atoms in total. The van der Waals surface area contributed by atoms with Gasteiger partial charge in [0, 0.05) is 6.54 Å². The van der Waals surface area contributed by atoms with Crippen molar-refractivity contribution in [3.63, 3.8) is 0 Å². The lowest BCUT2D eigenvalue weighted by atomic mass is 10.0. The van der Waals surface area contributed by atoms with Gasteiger partial charge in [-0.15, -0.1) is 0 Å². The Morgan fingerprint density at radius 3 is 2.39 bits per heavy atom. The minimum absolute atomic E-state index is 0.105. The number of nitrogens with zero attached hydrogens (tertiary/aromatic N) is 2. The van der Waals surface area contributed by atoms with Crippen LogP contribution in [0.1, 0.15) is 6.92 Å². The maximum Gasteiger partial charge on any atom is 0.287 e. The second-order valence-electron chi connectivity index (χ2n) is 3.87. The Labute approximate surface area is 109 Å². The Morgan fingerprint density at radius 2 is 1.94 bits per heavy atom. The first-order valence-corrected chi connectivity index (χ1v) is 5.77. The average molecular weight is 278 g/mol. The Morgan fingerprint density at radius 1 is 1.39 bits per heavy atom. The highest BCUT2D eigenvalue weighted by atomic mass is 35.5. The van der Waals surface area contributed by atoms with E-state index in [0.29, 0.717) is 6.54 Å². The van der Waals surface area contributed by atoms with Crippen molar-refractivity contribution in [3.8, 4) is 0 Å². The maximum atomic E-state index is 11.7. The molecule has 0 atom stereocenters. The first-order valence-electron chi connectivity index (χ1n) is 5.40. The number of hydrogen-bond donors (Lipinski definition) is 4. The zero-order valence-corrected chi connectivity index (χ0v) is 10.7. The van der Waals surface area contributed by atoms with Gasteiger partial charge in [0.15, 0.2) is 0 Å². The number of halogens is 1. The minimum atomic E-state index is -1.35. The molecule has 0 saturated heterocycles. The number of nitrogens with one attached hydrogen (secondary N) is 1. The summed E-state index contributed by atoms with van der Waals surface area (Å²) in [5.74, 6) is 0. The van der Waals surface area contributed by atoms with Gasteiger partial charge < -0.3 is 20.6 Å². The summed E-state index contributed by atoms with van der Waals surface area (Å²) in [6, 6.07) is 0. The molecule has 18 heavy (non-hydrogen) atoms. The van der Waals surface area contributed by atoms with E-state index in [-0.39, 0.29) is 10.7 Å². The summed E-state index contributed by atoms with van der Waals surface area (Å²) in [5, 5.41) is 33.9. The van der Waals surface area contributed by atoms with Gasteiger partial charge in [-0.3, -0.25) is 4.79 Å². The lowest BCUT2D eigenvalue weighted by Gasteiger charge is -2.30. The van der Waals surface area contributed by atoms with Crippen LogP contribution in [0.5, 0.6) is 0 Å². The van der Waals surface area contributed by atoms with Crippen LogP contribution in [-0.4, -0.2) is 50.5 Å². The van der Waals surface area contributed by atoms with Crippen LogP contribution >= 0.6 is 11.6 Å². The lowest BCUT2D eigenvalue weighted by Crippen LogP contribution is -2.49. The fraction of sp³-hybridized carbons (Fsp3) is 0.600. The molecule has 4 N–H and O–H groups in total. The fourth-order valence-electron chi connectivity index (χ4n) is 1.33. The molecule has 0 radical (unpaired) electrons. The largest absolute Gasteiger partial charge is 0.394 e. The number of hydrogen-bond acceptors (Lipinski definition) is 6. The first-order chi connectivity index (χ1) is 8.53. The molecule has 0 spiro atoms. The summed E-state index contributed by atoms with van der Waals surface area (Å²) in [5.41, 5.74) is -1.67. The molecule has 1 heterocycles.